The third kappa shape index (κ3) is 4.36. The van der Waals surface area contributed by atoms with Gasteiger partial charge in [0.2, 0.25) is 0 Å². The summed E-state index contributed by atoms with van der Waals surface area (Å²) < 4.78 is 28.5. The molecule has 4 rings (SSSR count). The fraction of sp³-hybridized carbons (Fsp3) is 0.167. The molecule has 0 unspecified atom stereocenters. The van der Waals surface area contributed by atoms with Crippen molar-refractivity contribution in [1.82, 2.24) is 14.7 Å². The average Bonchev–Trinajstić information content (AvgIpc) is 3.09. The molecule has 2 aliphatic rings. The molecular weight excluding hydrogens is 437 g/mol. The third-order valence-corrected chi connectivity index (χ3v) is 6.13. The van der Waals surface area contributed by atoms with Crippen LogP contribution in [0.15, 0.2) is 58.8 Å². The van der Waals surface area contributed by atoms with Crippen molar-refractivity contribution in [3.05, 3.63) is 70.0 Å². The van der Waals surface area contributed by atoms with Crippen molar-refractivity contribution in [2.45, 2.75) is 6.54 Å². The number of benzene rings is 1. The molecule has 2 aromatic rings. The highest BCUT2D eigenvalue weighted by Gasteiger charge is 2.25. The topological polar surface area (TPSA) is 96.7 Å². The van der Waals surface area contributed by atoms with Gasteiger partial charge in [-0.1, -0.05) is 29.3 Å². The minimum atomic E-state index is -3.44. The first kappa shape index (κ1) is 19.7. The molecular formula is C18H15Cl2N5O3S. The highest BCUT2D eigenvalue weighted by Crippen LogP contribution is 2.23. The van der Waals surface area contributed by atoms with Crippen molar-refractivity contribution in [3.8, 4) is 0 Å². The highest BCUT2D eigenvalue weighted by atomic mass is 35.5. The molecule has 0 bridgehead atoms. The molecule has 8 nitrogen and oxygen atoms in total. The summed E-state index contributed by atoms with van der Waals surface area (Å²) in [7, 11) is -3.44. The van der Waals surface area contributed by atoms with Crippen LogP contribution >= 0.6 is 23.2 Å². The molecule has 0 saturated carbocycles. The van der Waals surface area contributed by atoms with Crippen molar-refractivity contribution in [1.29, 1.82) is 0 Å². The molecule has 150 valence electrons. The minimum Gasteiger partial charge on any atom is -0.330 e. The van der Waals surface area contributed by atoms with E-state index in [4.69, 9.17) is 23.2 Å². The normalized spacial score (nSPS) is 17.4. The van der Waals surface area contributed by atoms with Gasteiger partial charge in [-0.2, -0.15) is 5.10 Å². The summed E-state index contributed by atoms with van der Waals surface area (Å²) in [5.41, 5.74) is 1.18. The van der Waals surface area contributed by atoms with Gasteiger partial charge in [0.15, 0.2) is 0 Å². The Labute approximate surface area is 177 Å². The lowest BCUT2D eigenvalue weighted by atomic mass is 10.2. The second kappa shape index (κ2) is 7.66. The first-order valence-electron chi connectivity index (χ1n) is 8.57. The van der Waals surface area contributed by atoms with Crippen molar-refractivity contribution in [2.24, 2.45) is 4.40 Å². The standard InChI is InChI=1S/C18H15Cl2N5O3S/c19-14-3-1-12(15(20)9-14)11-25-16(5-6-21-25)22-18(26)13-2-4-17-23-29(27,28)8-7-24(17)10-13/h1-6,9-10H,7-8,11H2,(H,22,26). The van der Waals surface area contributed by atoms with E-state index in [1.54, 1.807) is 46.2 Å². The van der Waals surface area contributed by atoms with Crippen LogP contribution in [-0.2, 0) is 21.4 Å². The van der Waals surface area contributed by atoms with E-state index < -0.39 is 10.0 Å². The van der Waals surface area contributed by atoms with E-state index in [1.165, 1.54) is 12.2 Å². The van der Waals surface area contributed by atoms with Crippen LogP contribution in [0.1, 0.15) is 5.56 Å². The fourth-order valence-electron chi connectivity index (χ4n) is 2.90. The smallest absolute Gasteiger partial charge is 0.258 e. The molecule has 0 saturated heterocycles. The van der Waals surface area contributed by atoms with Gasteiger partial charge in [-0.3, -0.25) is 4.79 Å². The number of hydrogen-bond donors (Lipinski definition) is 1. The second-order valence-electron chi connectivity index (χ2n) is 6.41. The molecule has 0 atom stereocenters. The maximum absolute atomic E-state index is 12.7. The molecule has 0 aliphatic carbocycles. The molecule has 2 aliphatic heterocycles. The van der Waals surface area contributed by atoms with Gasteiger partial charge in [-0.05, 0) is 29.8 Å². The molecule has 1 aromatic heterocycles. The highest BCUT2D eigenvalue weighted by molar-refractivity contribution is 7.90. The van der Waals surface area contributed by atoms with E-state index in [-0.39, 0.29) is 18.2 Å². The van der Waals surface area contributed by atoms with Gasteiger partial charge in [0.05, 0.1) is 24.1 Å². The summed E-state index contributed by atoms with van der Waals surface area (Å²) >= 11 is 12.1. The molecule has 29 heavy (non-hydrogen) atoms. The number of aromatic nitrogens is 2. The summed E-state index contributed by atoms with van der Waals surface area (Å²) in [6, 6.07) is 6.86. The number of amidine groups is 1. The number of carbonyl (C=O) groups is 1. The number of hydrogen-bond acceptors (Lipinski definition) is 5. The Hall–Kier alpha value is -2.62. The number of halogens is 2. The number of anilines is 1. The predicted molar refractivity (Wildman–Crippen MR) is 112 cm³/mol. The van der Waals surface area contributed by atoms with Gasteiger partial charge in [0, 0.05) is 28.9 Å². The summed E-state index contributed by atoms with van der Waals surface area (Å²) in [4.78, 5) is 14.3. The third-order valence-electron chi connectivity index (χ3n) is 4.38. The van der Waals surface area contributed by atoms with Gasteiger partial charge in [0.25, 0.3) is 15.9 Å². The van der Waals surface area contributed by atoms with E-state index in [0.29, 0.717) is 33.8 Å². The van der Waals surface area contributed by atoms with Gasteiger partial charge >= 0.3 is 0 Å². The Kier molecular flexibility index (Phi) is 5.20. The van der Waals surface area contributed by atoms with Gasteiger partial charge in [0.1, 0.15) is 11.7 Å². The first-order valence-corrected chi connectivity index (χ1v) is 10.9. The van der Waals surface area contributed by atoms with Gasteiger partial charge in [-0.25, -0.2) is 13.1 Å². The monoisotopic (exact) mass is 451 g/mol. The van der Waals surface area contributed by atoms with Crippen molar-refractivity contribution < 1.29 is 13.2 Å². The molecule has 1 amide bonds. The molecule has 11 heteroatoms. The SMILES string of the molecule is O=C(Nc1ccnn1Cc1ccc(Cl)cc1Cl)C1=CN2CCS(=O)(=O)N=C2C=C1. The number of amides is 1. The van der Waals surface area contributed by atoms with Crippen LogP contribution in [-0.4, -0.2) is 47.1 Å². The predicted octanol–water partition coefficient (Wildman–Crippen LogP) is 2.67. The van der Waals surface area contributed by atoms with E-state index in [0.717, 1.165) is 5.56 Å². The second-order valence-corrected chi connectivity index (χ2v) is 9.01. The van der Waals surface area contributed by atoms with Crippen molar-refractivity contribution in [3.63, 3.8) is 0 Å². The molecule has 0 radical (unpaired) electrons. The fourth-order valence-corrected chi connectivity index (χ4v) is 4.34. The Bertz CT molecular complexity index is 1180. The lowest BCUT2D eigenvalue weighted by molar-refractivity contribution is -0.112. The van der Waals surface area contributed by atoms with Crippen LogP contribution in [0.3, 0.4) is 0 Å². The average molecular weight is 452 g/mol. The largest absolute Gasteiger partial charge is 0.330 e. The zero-order valence-electron chi connectivity index (χ0n) is 14.9. The van der Waals surface area contributed by atoms with Crippen LogP contribution in [0.2, 0.25) is 10.0 Å². The first-order chi connectivity index (χ1) is 13.8. The molecule has 3 heterocycles. The molecule has 1 N–H and O–H groups in total. The summed E-state index contributed by atoms with van der Waals surface area (Å²) in [6.07, 6.45) is 6.20. The molecule has 0 fully saturated rings. The number of nitrogens with one attached hydrogen (secondary N) is 1. The van der Waals surface area contributed by atoms with Crippen LogP contribution < -0.4 is 5.32 Å². The van der Waals surface area contributed by atoms with Gasteiger partial charge < -0.3 is 10.2 Å². The summed E-state index contributed by atoms with van der Waals surface area (Å²) in [5.74, 6) is 0.355. The number of fused-ring (bicyclic) bond motifs is 1. The maximum Gasteiger partial charge on any atom is 0.258 e. The lowest BCUT2D eigenvalue weighted by Gasteiger charge is -2.26. The van der Waals surface area contributed by atoms with E-state index in [9.17, 15) is 13.2 Å². The van der Waals surface area contributed by atoms with Crippen LogP contribution in [0.4, 0.5) is 5.82 Å². The molecule has 1 aromatic carbocycles. The summed E-state index contributed by atoms with van der Waals surface area (Å²) in [5, 5.41) is 8.09. The van der Waals surface area contributed by atoms with Crippen molar-refractivity contribution >= 4 is 50.8 Å². The number of rotatable bonds is 4. The number of nitrogens with zero attached hydrogens (tertiary/aromatic N) is 4. The zero-order valence-corrected chi connectivity index (χ0v) is 17.2. The van der Waals surface area contributed by atoms with E-state index in [2.05, 4.69) is 14.8 Å². The lowest BCUT2D eigenvalue weighted by Crippen LogP contribution is -2.37. The Balaban J connectivity index is 1.50. The van der Waals surface area contributed by atoms with E-state index >= 15 is 0 Å². The minimum absolute atomic E-state index is 0.0929. The number of sulfonamides is 1. The Morgan fingerprint density at radius 1 is 1.21 bits per heavy atom. The van der Waals surface area contributed by atoms with Crippen LogP contribution in [0.5, 0.6) is 0 Å². The quantitative estimate of drug-likeness (QED) is 0.770. The number of carbonyl (C=O) groups excluding carboxylic acids is 1. The maximum atomic E-state index is 12.7. The van der Waals surface area contributed by atoms with Crippen LogP contribution in [0, 0.1) is 0 Å². The van der Waals surface area contributed by atoms with Gasteiger partial charge in [-0.15, -0.1) is 4.40 Å². The van der Waals surface area contributed by atoms with Crippen molar-refractivity contribution in [2.75, 3.05) is 17.6 Å². The zero-order chi connectivity index (χ0) is 20.6. The molecule has 0 spiro atoms. The van der Waals surface area contributed by atoms with E-state index in [1.807, 2.05) is 0 Å². The van der Waals surface area contributed by atoms with Crippen LogP contribution in [0.25, 0.3) is 0 Å². The summed E-state index contributed by atoms with van der Waals surface area (Å²) in [6.45, 7) is 0.601. The Morgan fingerprint density at radius 2 is 2.03 bits per heavy atom. The Morgan fingerprint density at radius 3 is 2.83 bits per heavy atom.